The van der Waals surface area contributed by atoms with E-state index in [-0.39, 0.29) is 23.4 Å². The summed E-state index contributed by atoms with van der Waals surface area (Å²) in [5.74, 6) is 0.574. The number of hydrogen-bond acceptors (Lipinski definition) is 5. The zero-order valence-electron chi connectivity index (χ0n) is 14.6. The Balaban J connectivity index is 1.62. The van der Waals surface area contributed by atoms with Crippen molar-refractivity contribution in [3.8, 4) is 0 Å². The Bertz CT molecular complexity index is 779. The monoisotopic (exact) mass is 338 g/mol. The second-order valence-electron chi connectivity index (χ2n) is 6.74. The van der Waals surface area contributed by atoms with Gasteiger partial charge in [0, 0.05) is 37.3 Å². The van der Waals surface area contributed by atoms with Crippen molar-refractivity contribution in [2.75, 3.05) is 32.7 Å². The average molecular weight is 338 g/mol. The van der Waals surface area contributed by atoms with Gasteiger partial charge < -0.3 is 9.32 Å². The molecule has 25 heavy (non-hydrogen) atoms. The normalized spacial score (nSPS) is 19.6. The van der Waals surface area contributed by atoms with Crippen molar-refractivity contribution >= 4 is 11.6 Å². The molecule has 1 aromatic carbocycles. The Kier molecular flexibility index (Phi) is 4.06. The smallest absolute Gasteiger partial charge is 0.229 e. The van der Waals surface area contributed by atoms with Crippen molar-refractivity contribution in [2.45, 2.75) is 19.9 Å². The van der Waals surface area contributed by atoms with Crippen molar-refractivity contribution in [3.05, 3.63) is 58.5 Å². The molecule has 130 valence electrons. The fourth-order valence-corrected chi connectivity index (χ4v) is 3.75. The van der Waals surface area contributed by atoms with Crippen LogP contribution in [0.15, 0.2) is 34.7 Å². The number of rotatable bonds is 3. The molecule has 1 saturated heterocycles. The first kappa shape index (κ1) is 16.2. The maximum absolute atomic E-state index is 12.7. The molecule has 1 aliphatic carbocycles. The summed E-state index contributed by atoms with van der Waals surface area (Å²) < 4.78 is 5.89. The molecule has 1 aliphatic heterocycles. The number of piperazine rings is 1. The third kappa shape index (κ3) is 2.64. The zero-order chi connectivity index (χ0) is 17.6. The first-order valence-corrected chi connectivity index (χ1v) is 8.88. The van der Waals surface area contributed by atoms with E-state index >= 15 is 0 Å². The van der Waals surface area contributed by atoms with Crippen molar-refractivity contribution < 1.29 is 14.0 Å². The van der Waals surface area contributed by atoms with E-state index < -0.39 is 0 Å². The van der Waals surface area contributed by atoms with Gasteiger partial charge in [-0.15, -0.1) is 0 Å². The molecule has 2 heterocycles. The van der Waals surface area contributed by atoms with Crippen molar-refractivity contribution in [1.82, 2.24) is 9.80 Å². The number of ketones is 2. The minimum atomic E-state index is -0.195. The highest BCUT2D eigenvalue weighted by Crippen LogP contribution is 2.33. The molecule has 5 heteroatoms. The summed E-state index contributed by atoms with van der Waals surface area (Å²) in [6.45, 7) is 9.31. The van der Waals surface area contributed by atoms with Gasteiger partial charge in [0.2, 0.25) is 5.78 Å². The molecule has 2 aliphatic rings. The fourth-order valence-electron chi connectivity index (χ4n) is 3.75. The molecule has 4 rings (SSSR count). The van der Waals surface area contributed by atoms with Crippen LogP contribution < -0.4 is 0 Å². The molecule has 1 unspecified atom stereocenters. The maximum atomic E-state index is 12.7. The molecule has 1 atom stereocenters. The Morgan fingerprint density at radius 2 is 1.64 bits per heavy atom. The molecule has 0 bridgehead atoms. The van der Waals surface area contributed by atoms with E-state index in [2.05, 4.69) is 23.6 Å². The van der Waals surface area contributed by atoms with Crippen LogP contribution in [0.5, 0.6) is 0 Å². The molecule has 5 nitrogen and oxygen atoms in total. The lowest BCUT2D eigenvalue weighted by atomic mass is 9.88. The number of carbonyl (C=O) groups is 2. The first-order chi connectivity index (χ1) is 12.1. The summed E-state index contributed by atoms with van der Waals surface area (Å²) in [5, 5.41) is 0. The van der Waals surface area contributed by atoms with Gasteiger partial charge >= 0.3 is 0 Å². The number of furan rings is 1. The van der Waals surface area contributed by atoms with E-state index in [1.165, 1.54) is 0 Å². The van der Waals surface area contributed by atoms with Gasteiger partial charge in [-0.1, -0.05) is 31.2 Å². The van der Waals surface area contributed by atoms with Gasteiger partial charge in [0.1, 0.15) is 5.76 Å². The average Bonchev–Trinajstić information content (AvgIpc) is 3.11. The fraction of sp³-hybridized carbons (Fsp3) is 0.400. The highest BCUT2D eigenvalue weighted by molar-refractivity contribution is 6.27. The predicted octanol–water partition coefficient (Wildman–Crippen LogP) is 2.75. The number of likely N-dealkylation sites (N-methyl/N-ethyl adjacent to an activating group) is 1. The molecule has 2 aromatic rings. The third-order valence-corrected chi connectivity index (χ3v) is 5.43. The lowest BCUT2D eigenvalue weighted by Gasteiger charge is -2.36. The largest absolute Gasteiger partial charge is 0.455 e. The summed E-state index contributed by atoms with van der Waals surface area (Å²) in [5.41, 5.74) is 1.31. The lowest BCUT2D eigenvalue weighted by Crippen LogP contribution is -2.46. The number of nitrogens with zero attached hydrogens (tertiary/aromatic N) is 2. The van der Waals surface area contributed by atoms with Crippen LogP contribution in [0.4, 0.5) is 0 Å². The number of carbonyl (C=O) groups excluding carboxylic acids is 2. The Hall–Kier alpha value is -2.24. The van der Waals surface area contributed by atoms with Crippen LogP contribution in [0.3, 0.4) is 0 Å². The molecule has 1 aromatic heterocycles. The van der Waals surface area contributed by atoms with E-state index in [4.69, 9.17) is 4.42 Å². The SMILES string of the molecule is CCN1CCN(C(C)c2cc3c(o2)C(=O)c2ccccc2C3=O)CC1. The van der Waals surface area contributed by atoms with Crippen LogP contribution >= 0.6 is 0 Å². The minimum absolute atomic E-state index is 0.0494. The molecular formula is C20H22N2O3. The quantitative estimate of drug-likeness (QED) is 0.735. The summed E-state index contributed by atoms with van der Waals surface area (Å²) in [7, 11) is 0. The summed E-state index contributed by atoms with van der Waals surface area (Å²) in [6.07, 6.45) is 0. The highest BCUT2D eigenvalue weighted by Gasteiger charge is 2.35. The zero-order valence-corrected chi connectivity index (χ0v) is 14.6. The Morgan fingerprint density at radius 3 is 2.28 bits per heavy atom. The van der Waals surface area contributed by atoms with E-state index in [9.17, 15) is 9.59 Å². The molecular weight excluding hydrogens is 316 g/mol. The number of benzene rings is 1. The molecule has 0 radical (unpaired) electrons. The van der Waals surface area contributed by atoms with E-state index in [1.54, 1.807) is 30.3 Å². The van der Waals surface area contributed by atoms with Gasteiger partial charge in [0.05, 0.1) is 11.6 Å². The summed E-state index contributed by atoms with van der Waals surface area (Å²) >= 11 is 0. The second-order valence-corrected chi connectivity index (χ2v) is 6.74. The van der Waals surface area contributed by atoms with Crippen LogP contribution in [0.25, 0.3) is 0 Å². The second kappa shape index (κ2) is 6.24. The van der Waals surface area contributed by atoms with Crippen molar-refractivity contribution in [2.24, 2.45) is 0 Å². The molecule has 0 amide bonds. The van der Waals surface area contributed by atoms with Crippen LogP contribution in [0.2, 0.25) is 0 Å². The van der Waals surface area contributed by atoms with Crippen LogP contribution in [-0.2, 0) is 0 Å². The van der Waals surface area contributed by atoms with Gasteiger partial charge in [-0.05, 0) is 19.5 Å². The molecule has 1 fully saturated rings. The van der Waals surface area contributed by atoms with Gasteiger partial charge in [-0.2, -0.15) is 0 Å². The van der Waals surface area contributed by atoms with Gasteiger partial charge in [0.15, 0.2) is 11.5 Å². The summed E-state index contributed by atoms with van der Waals surface area (Å²) in [6, 6.07) is 8.77. The van der Waals surface area contributed by atoms with Crippen LogP contribution in [0.1, 0.15) is 57.7 Å². The van der Waals surface area contributed by atoms with Crippen LogP contribution in [0, 0.1) is 0 Å². The van der Waals surface area contributed by atoms with Gasteiger partial charge in [-0.25, -0.2) is 0 Å². The van der Waals surface area contributed by atoms with E-state index in [1.807, 2.05) is 0 Å². The van der Waals surface area contributed by atoms with E-state index in [0.29, 0.717) is 22.5 Å². The number of fused-ring (bicyclic) bond motifs is 2. The molecule has 0 N–H and O–H groups in total. The molecule has 0 saturated carbocycles. The standard InChI is InChI=1S/C20H22N2O3/c1-3-21-8-10-22(11-9-21)13(2)17-12-16-18(23)14-6-4-5-7-15(14)19(24)20(16)25-17/h4-7,12-13H,3,8-11H2,1-2H3. The van der Waals surface area contributed by atoms with Crippen molar-refractivity contribution in [3.63, 3.8) is 0 Å². The Labute approximate surface area is 147 Å². The van der Waals surface area contributed by atoms with Gasteiger partial charge in [0.25, 0.3) is 0 Å². The Morgan fingerprint density at radius 1 is 1.00 bits per heavy atom. The van der Waals surface area contributed by atoms with Crippen LogP contribution in [-0.4, -0.2) is 54.1 Å². The lowest BCUT2D eigenvalue weighted by molar-refractivity contribution is 0.0916. The topological polar surface area (TPSA) is 53.8 Å². The van der Waals surface area contributed by atoms with Crippen molar-refractivity contribution in [1.29, 1.82) is 0 Å². The van der Waals surface area contributed by atoms with Gasteiger partial charge in [-0.3, -0.25) is 14.5 Å². The predicted molar refractivity (Wildman–Crippen MR) is 94.1 cm³/mol. The first-order valence-electron chi connectivity index (χ1n) is 8.88. The maximum Gasteiger partial charge on any atom is 0.229 e. The minimum Gasteiger partial charge on any atom is -0.455 e. The summed E-state index contributed by atoms with van der Waals surface area (Å²) in [4.78, 5) is 30.2. The number of hydrogen-bond donors (Lipinski definition) is 0. The van der Waals surface area contributed by atoms with E-state index in [0.717, 1.165) is 32.7 Å². The third-order valence-electron chi connectivity index (χ3n) is 5.43. The highest BCUT2D eigenvalue weighted by atomic mass is 16.4. The molecule has 0 spiro atoms.